The zero-order valence-corrected chi connectivity index (χ0v) is 13.2. The second-order valence-corrected chi connectivity index (χ2v) is 6.12. The molecule has 1 aromatic rings. The summed E-state index contributed by atoms with van der Waals surface area (Å²) in [7, 11) is 0. The van der Waals surface area contributed by atoms with Gasteiger partial charge in [-0.05, 0) is 31.2 Å². The Balaban J connectivity index is 1.85. The topological polar surface area (TPSA) is 55.4 Å². The molecule has 1 N–H and O–H groups in total. The number of ketones is 1. The maximum Gasteiger partial charge on any atom is 0.407 e. The molecule has 1 aliphatic carbocycles. The van der Waals surface area contributed by atoms with Crippen LogP contribution in [-0.4, -0.2) is 17.9 Å². The standard InChI is InChI=1S/C18H25NO3/c1-14(20)12-17(16-10-6-3-7-11-16)19-18(21)22-13-15-8-4-2-5-9-15/h2,4-5,8-9,16-17H,3,6-7,10-13H2,1H3,(H,19,21)/t17-/m0/s1. The second-order valence-electron chi connectivity index (χ2n) is 6.12. The van der Waals surface area contributed by atoms with Crippen LogP contribution in [0.3, 0.4) is 0 Å². The number of hydrogen-bond donors (Lipinski definition) is 1. The van der Waals surface area contributed by atoms with Gasteiger partial charge in [-0.25, -0.2) is 4.79 Å². The molecule has 0 saturated heterocycles. The van der Waals surface area contributed by atoms with Crippen molar-refractivity contribution in [2.45, 2.75) is 58.1 Å². The summed E-state index contributed by atoms with van der Waals surface area (Å²) >= 11 is 0. The van der Waals surface area contributed by atoms with Crippen LogP contribution in [-0.2, 0) is 16.1 Å². The molecular weight excluding hydrogens is 278 g/mol. The molecule has 0 radical (unpaired) electrons. The number of hydrogen-bond acceptors (Lipinski definition) is 3. The van der Waals surface area contributed by atoms with E-state index in [0.29, 0.717) is 12.3 Å². The van der Waals surface area contributed by atoms with E-state index in [1.165, 1.54) is 19.3 Å². The lowest BCUT2D eigenvalue weighted by Gasteiger charge is -2.30. The van der Waals surface area contributed by atoms with Crippen LogP contribution < -0.4 is 5.32 Å². The molecule has 0 aliphatic heterocycles. The molecule has 1 atom stereocenters. The Labute approximate surface area is 132 Å². The molecule has 1 amide bonds. The van der Waals surface area contributed by atoms with E-state index in [-0.39, 0.29) is 18.4 Å². The van der Waals surface area contributed by atoms with E-state index in [4.69, 9.17) is 4.74 Å². The summed E-state index contributed by atoms with van der Waals surface area (Å²) < 4.78 is 5.27. The van der Waals surface area contributed by atoms with Crippen LogP contribution in [0.15, 0.2) is 30.3 Å². The van der Waals surface area contributed by atoms with E-state index < -0.39 is 6.09 Å². The highest BCUT2D eigenvalue weighted by atomic mass is 16.5. The van der Waals surface area contributed by atoms with Gasteiger partial charge in [-0.3, -0.25) is 4.79 Å². The van der Waals surface area contributed by atoms with Crippen molar-refractivity contribution in [3.05, 3.63) is 35.9 Å². The largest absolute Gasteiger partial charge is 0.445 e. The Hall–Kier alpha value is -1.84. The SMILES string of the molecule is CC(=O)C[C@H](NC(=O)OCc1ccccc1)C1CCCCC1. The Morgan fingerprint density at radius 3 is 2.50 bits per heavy atom. The molecule has 0 bridgehead atoms. The number of rotatable bonds is 6. The Morgan fingerprint density at radius 2 is 1.86 bits per heavy atom. The number of carbonyl (C=O) groups excluding carboxylic acids is 2. The van der Waals surface area contributed by atoms with Crippen molar-refractivity contribution >= 4 is 11.9 Å². The van der Waals surface area contributed by atoms with Crippen molar-refractivity contribution in [2.24, 2.45) is 5.92 Å². The predicted molar refractivity (Wildman–Crippen MR) is 85.4 cm³/mol. The van der Waals surface area contributed by atoms with Gasteiger partial charge in [-0.15, -0.1) is 0 Å². The lowest BCUT2D eigenvalue weighted by molar-refractivity contribution is -0.117. The van der Waals surface area contributed by atoms with Crippen LogP contribution in [0, 0.1) is 5.92 Å². The average molecular weight is 303 g/mol. The van der Waals surface area contributed by atoms with Gasteiger partial charge in [0.1, 0.15) is 12.4 Å². The maximum atomic E-state index is 12.0. The van der Waals surface area contributed by atoms with Crippen molar-refractivity contribution in [3.63, 3.8) is 0 Å². The summed E-state index contributed by atoms with van der Waals surface area (Å²) in [6.07, 6.45) is 5.74. The monoisotopic (exact) mass is 303 g/mol. The summed E-state index contributed by atoms with van der Waals surface area (Å²) in [5.41, 5.74) is 0.957. The van der Waals surface area contributed by atoms with E-state index >= 15 is 0 Å². The highest BCUT2D eigenvalue weighted by Crippen LogP contribution is 2.28. The zero-order chi connectivity index (χ0) is 15.8. The fourth-order valence-corrected chi connectivity index (χ4v) is 3.10. The summed E-state index contributed by atoms with van der Waals surface area (Å²) in [6.45, 7) is 1.83. The smallest absolute Gasteiger partial charge is 0.407 e. The minimum absolute atomic E-state index is 0.0962. The number of alkyl carbamates (subject to hydrolysis) is 1. The number of Topliss-reactive ketones (excluding diaryl/α,β-unsaturated/α-hetero) is 1. The zero-order valence-electron chi connectivity index (χ0n) is 13.2. The fourth-order valence-electron chi connectivity index (χ4n) is 3.10. The molecule has 1 aromatic carbocycles. The molecule has 0 aromatic heterocycles. The quantitative estimate of drug-likeness (QED) is 0.868. The number of carbonyl (C=O) groups is 2. The summed E-state index contributed by atoms with van der Waals surface area (Å²) in [6, 6.07) is 9.49. The van der Waals surface area contributed by atoms with E-state index in [1.54, 1.807) is 6.92 Å². The van der Waals surface area contributed by atoms with Gasteiger partial charge < -0.3 is 10.1 Å². The van der Waals surface area contributed by atoms with Crippen molar-refractivity contribution in [2.75, 3.05) is 0 Å². The average Bonchev–Trinajstić information content (AvgIpc) is 2.54. The van der Waals surface area contributed by atoms with Gasteiger partial charge in [0.15, 0.2) is 0 Å². The first-order valence-electron chi connectivity index (χ1n) is 8.12. The molecule has 1 saturated carbocycles. The third-order valence-electron chi connectivity index (χ3n) is 4.24. The van der Waals surface area contributed by atoms with Gasteiger partial charge >= 0.3 is 6.09 Å². The lowest BCUT2D eigenvalue weighted by atomic mass is 9.82. The van der Waals surface area contributed by atoms with E-state index in [0.717, 1.165) is 18.4 Å². The molecule has 1 aliphatic rings. The third kappa shape index (κ3) is 5.51. The van der Waals surface area contributed by atoms with Crippen molar-refractivity contribution in [1.82, 2.24) is 5.32 Å². The Kier molecular flexibility index (Phi) is 6.44. The van der Waals surface area contributed by atoms with Crippen LogP contribution in [0.25, 0.3) is 0 Å². The number of amides is 1. The molecule has 120 valence electrons. The first-order valence-corrected chi connectivity index (χ1v) is 8.12. The molecule has 0 unspecified atom stereocenters. The first kappa shape index (κ1) is 16.5. The van der Waals surface area contributed by atoms with E-state index in [9.17, 15) is 9.59 Å². The van der Waals surface area contributed by atoms with Crippen molar-refractivity contribution in [3.8, 4) is 0 Å². The minimum atomic E-state index is -0.430. The number of ether oxygens (including phenoxy) is 1. The van der Waals surface area contributed by atoms with Gasteiger partial charge in [0, 0.05) is 12.5 Å². The van der Waals surface area contributed by atoms with Crippen molar-refractivity contribution < 1.29 is 14.3 Å². The van der Waals surface area contributed by atoms with Crippen LogP contribution in [0.2, 0.25) is 0 Å². The predicted octanol–water partition coefficient (Wildman–Crippen LogP) is 3.84. The van der Waals surface area contributed by atoms with Crippen LogP contribution in [0.5, 0.6) is 0 Å². The van der Waals surface area contributed by atoms with Crippen LogP contribution in [0.4, 0.5) is 4.79 Å². The summed E-state index contributed by atoms with van der Waals surface area (Å²) in [5, 5.41) is 2.91. The lowest BCUT2D eigenvalue weighted by Crippen LogP contribution is -2.42. The maximum absolute atomic E-state index is 12.0. The number of nitrogens with one attached hydrogen (secondary N) is 1. The van der Waals surface area contributed by atoms with E-state index in [2.05, 4.69) is 5.32 Å². The third-order valence-corrected chi connectivity index (χ3v) is 4.24. The van der Waals surface area contributed by atoms with Gasteiger partial charge in [0.25, 0.3) is 0 Å². The highest BCUT2D eigenvalue weighted by Gasteiger charge is 2.26. The molecule has 1 fully saturated rings. The summed E-state index contributed by atoms with van der Waals surface area (Å²) in [5.74, 6) is 0.501. The second kappa shape index (κ2) is 8.57. The molecule has 0 heterocycles. The normalized spacial score (nSPS) is 16.8. The molecular formula is C18H25NO3. The molecule has 22 heavy (non-hydrogen) atoms. The van der Waals surface area contributed by atoms with Crippen molar-refractivity contribution in [1.29, 1.82) is 0 Å². The van der Waals surface area contributed by atoms with Crippen LogP contribution in [0.1, 0.15) is 51.0 Å². The number of benzene rings is 1. The molecule has 4 heteroatoms. The minimum Gasteiger partial charge on any atom is -0.445 e. The van der Waals surface area contributed by atoms with Crippen LogP contribution >= 0.6 is 0 Å². The van der Waals surface area contributed by atoms with E-state index in [1.807, 2.05) is 30.3 Å². The first-order chi connectivity index (χ1) is 10.6. The van der Waals surface area contributed by atoms with Gasteiger partial charge in [0.2, 0.25) is 0 Å². The summed E-state index contributed by atoms with van der Waals surface area (Å²) in [4.78, 5) is 23.5. The van der Waals surface area contributed by atoms with Gasteiger partial charge in [-0.2, -0.15) is 0 Å². The fraction of sp³-hybridized carbons (Fsp3) is 0.556. The Bertz CT molecular complexity index is 480. The van der Waals surface area contributed by atoms with Gasteiger partial charge in [-0.1, -0.05) is 49.6 Å². The Morgan fingerprint density at radius 1 is 1.18 bits per heavy atom. The highest BCUT2D eigenvalue weighted by molar-refractivity contribution is 5.77. The molecule has 4 nitrogen and oxygen atoms in total. The molecule has 0 spiro atoms. The van der Waals surface area contributed by atoms with Gasteiger partial charge in [0.05, 0.1) is 0 Å². The molecule has 2 rings (SSSR count).